The molecule has 0 spiro atoms. The second kappa shape index (κ2) is 7.15. The van der Waals surface area contributed by atoms with Crippen LogP contribution in [0.25, 0.3) is 0 Å². The maximum Gasteiger partial charge on any atom is 0.573 e. The van der Waals surface area contributed by atoms with Gasteiger partial charge in [0.25, 0.3) is 6.43 Å². The molecule has 23 heavy (non-hydrogen) atoms. The van der Waals surface area contributed by atoms with E-state index >= 15 is 0 Å². The highest BCUT2D eigenvalue weighted by atomic mass is 19.4. The summed E-state index contributed by atoms with van der Waals surface area (Å²) in [6.45, 7) is 1.31. The molecule has 0 N–H and O–H groups in total. The highest BCUT2D eigenvalue weighted by Gasteiger charge is 2.39. The van der Waals surface area contributed by atoms with Crippen molar-refractivity contribution in [2.75, 3.05) is 6.61 Å². The Morgan fingerprint density at radius 3 is 2.48 bits per heavy atom. The number of esters is 1. The Labute approximate surface area is 125 Å². The van der Waals surface area contributed by atoms with Crippen LogP contribution in [0.3, 0.4) is 0 Å². The summed E-state index contributed by atoms with van der Waals surface area (Å²) in [5, 5.41) is 10.9. The van der Waals surface area contributed by atoms with Crippen molar-refractivity contribution in [1.29, 1.82) is 0 Å². The van der Waals surface area contributed by atoms with Gasteiger partial charge >= 0.3 is 18.0 Å². The van der Waals surface area contributed by atoms with E-state index in [9.17, 15) is 36.9 Å². The number of rotatable bonds is 6. The van der Waals surface area contributed by atoms with Crippen molar-refractivity contribution < 1.29 is 41.1 Å². The number of hydrogen-bond donors (Lipinski definition) is 0. The van der Waals surface area contributed by atoms with Crippen molar-refractivity contribution in [3.63, 3.8) is 0 Å². The molecule has 1 rings (SSSR count). The van der Waals surface area contributed by atoms with Gasteiger partial charge in [0.2, 0.25) is 5.75 Å². The van der Waals surface area contributed by atoms with Crippen molar-refractivity contribution in [2.45, 2.75) is 26.1 Å². The lowest BCUT2D eigenvalue weighted by Crippen LogP contribution is -2.21. The smallest absolute Gasteiger partial charge is 0.466 e. The van der Waals surface area contributed by atoms with Crippen LogP contribution >= 0.6 is 0 Å². The summed E-state index contributed by atoms with van der Waals surface area (Å²) in [5.41, 5.74) is -3.80. The molecule has 0 atom stereocenters. The molecule has 0 amide bonds. The molecule has 0 saturated carbocycles. The topological polar surface area (TPSA) is 91.6 Å². The van der Waals surface area contributed by atoms with E-state index in [1.807, 2.05) is 0 Å². The summed E-state index contributed by atoms with van der Waals surface area (Å²) in [7, 11) is 0. The van der Waals surface area contributed by atoms with E-state index in [2.05, 4.69) is 14.5 Å². The van der Waals surface area contributed by atoms with Crippen LogP contribution in [0.4, 0.5) is 27.6 Å². The van der Waals surface area contributed by atoms with Crippen LogP contribution in [0, 0.1) is 10.1 Å². The lowest BCUT2D eigenvalue weighted by molar-refractivity contribution is -0.390. The van der Waals surface area contributed by atoms with Gasteiger partial charge in [0.15, 0.2) is 0 Å². The SMILES string of the molecule is CCOC(=O)Cc1ncc(C(F)F)c([N+](=O)[O-])c1OC(F)(F)F. The molecule has 0 fully saturated rings. The molecule has 0 saturated heterocycles. The molecule has 0 radical (unpaired) electrons. The minimum absolute atomic E-state index is 0.106. The predicted octanol–water partition coefficient (Wildman–Crippen LogP) is 2.93. The molecule has 128 valence electrons. The zero-order valence-corrected chi connectivity index (χ0v) is 11.4. The van der Waals surface area contributed by atoms with Gasteiger partial charge in [-0.15, -0.1) is 13.2 Å². The third-order valence-electron chi connectivity index (χ3n) is 2.36. The third kappa shape index (κ3) is 5.00. The molecule has 0 bridgehead atoms. The summed E-state index contributed by atoms with van der Waals surface area (Å²) in [5.74, 6) is -2.61. The van der Waals surface area contributed by atoms with Gasteiger partial charge in [-0.25, -0.2) is 8.78 Å². The Hall–Kier alpha value is -2.53. The normalized spacial score (nSPS) is 11.4. The number of carbonyl (C=O) groups is 1. The molecular weight excluding hydrogens is 335 g/mol. The molecular formula is C11H9F5N2O5. The first-order valence-corrected chi connectivity index (χ1v) is 5.92. The fraction of sp³-hybridized carbons (Fsp3) is 0.455. The molecule has 0 aliphatic rings. The van der Waals surface area contributed by atoms with E-state index in [1.165, 1.54) is 6.92 Å². The van der Waals surface area contributed by atoms with Crippen LogP contribution in [0.5, 0.6) is 5.75 Å². The van der Waals surface area contributed by atoms with E-state index in [0.717, 1.165) is 0 Å². The van der Waals surface area contributed by atoms with E-state index in [-0.39, 0.29) is 6.61 Å². The van der Waals surface area contributed by atoms with Gasteiger partial charge in [0, 0.05) is 6.20 Å². The molecule has 1 aromatic heterocycles. The lowest BCUT2D eigenvalue weighted by Gasteiger charge is -2.14. The highest BCUT2D eigenvalue weighted by molar-refractivity contribution is 5.74. The number of halogens is 5. The van der Waals surface area contributed by atoms with Crippen LogP contribution in [-0.2, 0) is 16.0 Å². The first-order valence-electron chi connectivity index (χ1n) is 5.92. The number of ether oxygens (including phenoxy) is 2. The molecule has 0 unspecified atom stereocenters. The number of nitrogens with zero attached hydrogens (tertiary/aromatic N) is 2. The fourth-order valence-corrected chi connectivity index (χ4v) is 1.58. The van der Waals surface area contributed by atoms with Crippen LogP contribution < -0.4 is 4.74 Å². The van der Waals surface area contributed by atoms with Crippen molar-refractivity contribution in [3.05, 3.63) is 27.6 Å². The molecule has 0 aliphatic heterocycles. The van der Waals surface area contributed by atoms with Crippen LogP contribution in [-0.4, -0.2) is 28.8 Å². The summed E-state index contributed by atoms with van der Waals surface area (Å²) >= 11 is 0. The lowest BCUT2D eigenvalue weighted by atomic mass is 10.1. The summed E-state index contributed by atoms with van der Waals surface area (Å²) in [6.07, 6.45) is -9.46. The first kappa shape index (κ1) is 18.5. The Morgan fingerprint density at radius 1 is 1.43 bits per heavy atom. The van der Waals surface area contributed by atoms with Gasteiger partial charge < -0.3 is 9.47 Å². The van der Waals surface area contributed by atoms with E-state index < -0.39 is 52.8 Å². The Morgan fingerprint density at radius 2 is 2.04 bits per heavy atom. The largest absolute Gasteiger partial charge is 0.573 e. The van der Waals surface area contributed by atoms with Crippen molar-refractivity contribution in [2.24, 2.45) is 0 Å². The summed E-state index contributed by atoms with van der Waals surface area (Å²) in [6, 6.07) is 0. The number of pyridine rings is 1. The van der Waals surface area contributed by atoms with Crippen molar-refractivity contribution in [1.82, 2.24) is 4.98 Å². The van der Waals surface area contributed by atoms with Crippen LogP contribution in [0.2, 0.25) is 0 Å². The zero-order chi connectivity index (χ0) is 17.8. The number of aromatic nitrogens is 1. The standard InChI is InChI=1S/C11H9F5N2O5/c1-2-22-7(19)3-6-9(23-11(14,15)16)8(18(20)21)5(4-17-6)10(12)13/h4,10H,2-3H2,1H3. The zero-order valence-electron chi connectivity index (χ0n) is 11.4. The van der Waals surface area contributed by atoms with Crippen molar-refractivity contribution >= 4 is 11.7 Å². The van der Waals surface area contributed by atoms with Crippen LogP contribution in [0.15, 0.2) is 6.20 Å². The number of hydrogen-bond acceptors (Lipinski definition) is 6. The molecule has 0 aliphatic carbocycles. The maximum atomic E-state index is 12.7. The number of alkyl halides is 5. The Bertz CT molecular complexity index is 605. The van der Waals surface area contributed by atoms with Crippen molar-refractivity contribution in [3.8, 4) is 5.75 Å². The molecule has 0 aromatic carbocycles. The predicted molar refractivity (Wildman–Crippen MR) is 62.9 cm³/mol. The van der Waals surface area contributed by atoms with Gasteiger partial charge in [0.1, 0.15) is 11.3 Å². The average Bonchev–Trinajstić information content (AvgIpc) is 2.38. The second-order valence-electron chi connectivity index (χ2n) is 3.93. The third-order valence-corrected chi connectivity index (χ3v) is 2.36. The monoisotopic (exact) mass is 344 g/mol. The van der Waals surface area contributed by atoms with Gasteiger partial charge in [-0.3, -0.25) is 19.9 Å². The van der Waals surface area contributed by atoms with Gasteiger partial charge in [-0.05, 0) is 6.92 Å². The molecule has 1 aromatic rings. The van der Waals surface area contributed by atoms with Gasteiger partial charge in [0.05, 0.1) is 18.0 Å². The number of carbonyl (C=O) groups excluding carboxylic acids is 1. The van der Waals surface area contributed by atoms with Gasteiger partial charge in [-0.2, -0.15) is 0 Å². The van der Waals surface area contributed by atoms with E-state index in [1.54, 1.807) is 0 Å². The minimum atomic E-state index is -5.41. The quantitative estimate of drug-likeness (QED) is 0.341. The maximum absolute atomic E-state index is 12.7. The molecule has 12 heteroatoms. The number of nitro groups is 1. The second-order valence-corrected chi connectivity index (χ2v) is 3.93. The molecule has 7 nitrogen and oxygen atoms in total. The van der Waals surface area contributed by atoms with Gasteiger partial charge in [-0.1, -0.05) is 0 Å². The minimum Gasteiger partial charge on any atom is -0.466 e. The average molecular weight is 344 g/mol. The Kier molecular flexibility index (Phi) is 5.76. The first-order chi connectivity index (χ1) is 10.6. The molecule has 1 heterocycles. The van der Waals surface area contributed by atoms with Crippen LogP contribution in [0.1, 0.15) is 24.6 Å². The summed E-state index contributed by atoms with van der Waals surface area (Å²) < 4.78 is 70.6. The fourth-order valence-electron chi connectivity index (χ4n) is 1.58. The highest BCUT2D eigenvalue weighted by Crippen LogP contribution is 2.40. The van der Waals surface area contributed by atoms with E-state index in [4.69, 9.17) is 0 Å². The summed E-state index contributed by atoms with van der Waals surface area (Å²) in [4.78, 5) is 24.0. The Balaban J connectivity index is 3.48. The van der Waals surface area contributed by atoms with E-state index in [0.29, 0.717) is 6.20 Å².